The molecule has 112 valence electrons. The highest BCUT2D eigenvalue weighted by atomic mass is 19.4. The SMILES string of the molecule is CCc1ccccc1Oc1ccc(C(F)(F)F)cc1CN. The number of rotatable bonds is 4. The van der Waals surface area contributed by atoms with Gasteiger partial charge >= 0.3 is 6.18 Å². The van der Waals surface area contributed by atoms with Gasteiger partial charge in [0.15, 0.2) is 0 Å². The molecular weight excluding hydrogens is 279 g/mol. The molecular formula is C16H16F3NO. The summed E-state index contributed by atoms with van der Waals surface area (Å²) < 4.78 is 43.8. The number of nitrogens with two attached hydrogens (primary N) is 1. The molecule has 0 amide bonds. The minimum Gasteiger partial charge on any atom is -0.457 e. The molecule has 0 radical (unpaired) electrons. The normalized spacial score (nSPS) is 11.5. The number of benzene rings is 2. The van der Waals surface area contributed by atoms with Gasteiger partial charge in [-0.2, -0.15) is 13.2 Å². The molecule has 0 aliphatic rings. The van der Waals surface area contributed by atoms with Crippen LogP contribution in [0.25, 0.3) is 0 Å². The highest BCUT2D eigenvalue weighted by Crippen LogP contribution is 2.34. The lowest BCUT2D eigenvalue weighted by molar-refractivity contribution is -0.137. The van der Waals surface area contributed by atoms with Gasteiger partial charge in [0.05, 0.1) is 5.56 Å². The molecule has 0 saturated heterocycles. The van der Waals surface area contributed by atoms with Crippen LogP contribution < -0.4 is 10.5 Å². The van der Waals surface area contributed by atoms with Crippen molar-refractivity contribution in [1.82, 2.24) is 0 Å². The summed E-state index contributed by atoms with van der Waals surface area (Å²) in [6.45, 7) is 1.96. The van der Waals surface area contributed by atoms with E-state index < -0.39 is 11.7 Å². The van der Waals surface area contributed by atoms with Gasteiger partial charge in [0.25, 0.3) is 0 Å². The summed E-state index contributed by atoms with van der Waals surface area (Å²) >= 11 is 0. The van der Waals surface area contributed by atoms with Crippen LogP contribution in [0.2, 0.25) is 0 Å². The van der Waals surface area contributed by atoms with Crippen LogP contribution in [0.3, 0.4) is 0 Å². The summed E-state index contributed by atoms with van der Waals surface area (Å²) in [4.78, 5) is 0. The third kappa shape index (κ3) is 3.55. The molecule has 0 fully saturated rings. The lowest BCUT2D eigenvalue weighted by Crippen LogP contribution is -2.08. The number of alkyl halides is 3. The predicted molar refractivity (Wildman–Crippen MR) is 75.2 cm³/mol. The van der Waals surface area contributed by atoms with Crippen molar-refractivity contribution in [3.63, 3.8) is 0 Å². The van der Waals surface area contributed by atoms with Crippen LogP contribution in [-0.2, 0) is 19.1 Å². The number of ether oxygens (including phenoxy) is 1. The lowest BCUT2D eigenvalue weighted by atomic mass is 10.1. The molecule has 0 heterocycles. The minimum atomic E-state index is -4.39. The number of para-hydroxylation sites is 1. The van der Waals surface area contributed by atoms with Gasteiger partial charge in [-0.25, -0.2) is 0 Å². The molecule has 21 heavy (non-hydrogen) atoms. The average Bonchev–Trinajstić information content (AvgIpc) is 2.47. The first-order chi connectivity index (χ1) is 9.95. The van der Waals surface area contributed by atoms with E-state index in [1.54, 1.807) is 6.07 Å². The van der Waals surface area contributed by atoms with Crippen molar-refractivity contribution in [1.29, 1.82) is 0 Å². The van der Waals surface area contributed by atoms with Crippen molar-refractivity contribution >= 4 is 0 Å². The zero-order chi connectivity index (χ0) is 15.5. The zero-order valence-corrected chi connectivity index (χ0v) is 11.6. The number of aryl methyl sites for hydroxylation is 1. The maximum atomic E-state index is 12.7. The average molecular weight is 295 g/mol. The number of hydrogen-bond acceptors (Lipinski definition) is 2. The molecule has 2 N–H and O–H groups in total. The molecule has 0 spiro atoms. The fourth-order valence-electron chi connectivity index (χ4n) is 2.03. The second-order valence-corrected chi connectivity index (χ2v) is 4.59. The third-order valence-corrected chi connectivity index (χ3v) is 3.18. The second kappa shape index (κ2) is 6.18. The van der Waals surface area contributed by atoms with E-state index in [2.05, 4.69) is 0 Å². The Morgan fingerprint density at radius 3 is 2.29 bits per heavy atom. The van der Waals surface area contributed by atoms with E-state index in [9.17, 15) is 13.2 Å². The van der Waals surface area contributed by atoms with Crippen molar-refractivity contribution in [3.8, 4) is 11.5 Å². The van der Waals surface area contributed by atoms with Crippen LogP contribution in [0.1, 0.15) is 23.6 Å². The van der Waals surface area contributed by atoms with Crippen molar-refractivity contribution in [2.45, 2.75) is 26.1 Å². The van der Waals surface area contributed by atoms with Crippen molar-refractivity contribution < 1.29 is 17.9 Å². The Balaban J connectivity index is 2.36. The van der Waals surface area contributed by atoms with E-state index in [4.69, 9.17) is 10.5 Å². The third-order valence-electron chi connectivity index (χ3n) is 3.18. The Hall–Kier alpha value is -2.01. The fourth-order valence-corrected chi connectivity index (χ4v) is 2.03. The Morgan fingerprint density at radius 2 is 1.67 bits per heavy atom. The van der Waals surface area contributed by atoms with Gasteiger partial charge in [0, 0.05) is 12.1 Å². The van der Waals surface area contributed by atoms with Crippen molar-refractivity contribution in [3.05, 3.63) is 59.2 Å². The van der Waals surface area contributed by atoms with Gasteiger partial charge in [-0.1, -0.05) is 25.1 Å². The van der Waals surface area contributed by atoms with Crippen LogP contribution in [0.15, 0.2) is 42.5 Å². The molecule has 0 unspecified atom stereocenters. The lowest BCUT2D eigenvalue weighted by Gasteiger charge is -2.15. The smallest absolute Gasteiger partial charge is 0.416 e. The van der Waals surface area contributed by atoms with E-state index in [1.807, 2.05) is 25.1 Å². The molecule has 0 aromatic heterocycles. The largest absolute Gasteiger partial charge is 0.457 e. The molecule has 5 heteroatoms. The van der Waals surface area contributed by atoms with E-state index in [-0.39, 0.29) is 6.54 Å². The Kier molecular flexibility index (Phi) is 4.53. The molecule has 0 saturated carbocycles. The summed E-state index contributed by atoms with van der Waals surface area (Å²) in [5, 5.41) is 0. The van der Waals surface area contributed by atoms with Crippen LogP contribution in [0, 0.1) is 0 Å². The quantitative estimate of drug-likeness (QED) is 0.900. The number of halogens is 3. The monoisotopic (exact) mass is 295 g/mol. The first-order valence-corrected chi connectivity index (χ1v) is 6.61. The maximum Gasteiger partial charge on any atom is 0.416 e. The molecule has 2 aromatic carbocycles. The Labute approximate surface area is 121 Å². The van der Waals surface area contributed by atoms with E-state index in [1.165, 1.54) is 6.07 Å². The van der Waals surface area contributed by atoms with E-state index in [0.29, 0.717) is 17.1 Å². The summed E-state index contributed by atoms with van der Waals surface area (Å²) in [7, 11) is 0. The molecule has 2 rings (SSSR count). The maximum absolute atomic E-state index is 12.7. The van der Waals surface area contributed by atoms with Gasteiger partial charge < -0.3 is 10.5 Å². The summed E-state index contributed by atoms with van der Waals surface area (Å²) in [5.41, 5.74) is 6.13. The van der Waals surface area contributed by atoms with E-state index in [0.717, 1.165) is 24.1 Å². The molecule has 2 nitrogen and oxygen atoms in total. The van der Waals surface area contributed by atoms with Crippen molar-refractivity contribution in [2.24, 2.45) is 5.73 Å². The summed E-state index contributed by atoms with van der Waals surface area (Å²) in [6.07, 6.45) is -3.61. The Morgan fingerprint density at radius 1 is 1.00 bits per heavy atom. The van der Waals surface area contributed by atoms with E-state index >= 15 is 0 Å². The standard InChI is InChI=1S/C16H16F3NO/c1-2-11-5-3-4-6-14(11)21-15-8-7-13(16(17,18)19)9-12(15)10-20/h3-9H,2,10,20H2,1H3. The summed E-state index contributed by atoms with van der Waals surface area (Å²) in [5.74, 6) is 0.987. The topological polar surface area (TPSA) is 35.2 Å². The van der Waals surface area contributed by atoms with Gasteiger partial charge in [-0.15, -0.1) is 0 Å². The van der Waals surface area contributed by atoms with Crippen LogP contribution in [0.4, 0.5) is 13.2 Å². The molecule has 0 aliphatic carbocycles. The Bertz CT molecular complexity index is 623. The first kappa shape index (κ1) is 15.4. The van der Waals surface area contributed by atoms with Gasteiger partial charge in [0.2, 0.25) is 0 Å². The molecule has 0 aliphatic heterocycles. The number of hydrogen-bond donors (Lipinski definition) is 1. The van der Waals surface area contributed by atoms with Crippen molar-refractivity contribution in [2.75, 3.05) is 0 Å². The highest BCUT2D eigenvalue weighted by molar-refractivity contribution is 5.43. The highest BCUT2D eigenvalue weighted by Gasteiger charge is 2.31. The van der Waals surface area contributed by atoms with Crippen LogP contribution in [0.5, 0.6) is 11.5 Å². The van der Waals surface area contributed by atoms with Gasteiger partial charge in [0.1, 0.15) is 11.5 Å². The predicted octanol–water partition coefficient (Wildman–Crippen LogP) is 4.52. The first-order valence-electron chi connectivity index (χ1n) is 6.61. The minimum absolute atomic E-state index is 0.0203. The molecule has 2 aromatic rings. The molecule has 0 bridgehead atoms. The summed E-state index contributed by atoms with van der Waals surface area (Å²) in [6, 6.07) is 10.8. The fraction of sp³-hybridized carbons (Fsp3) is 0.250. The molecule has 0 atom stereocenters. The van der Waals surface area contributed by atoms with Gasteiger partial charge in [-0.05, 0) is 36.2 Å². The van der Waals surface area contributed by atoms with Gasteiger partial charge in [-0.3, -0.25) is 0 Å². The van der Waals surface area contributed by atoms with Crippen LogP contribution in [-0.4, -0.2) is 0 Å². The zero-order valence-electron chi connectivity index (χ0n) is 11.6. The second-order valence-electron chi connectivity index (χ2n) is 4.59. The van der Waals surface area contributed by atoms with Crippen LogP contribution >= 0.6 is 0 Å².